The molecule has 2 rings (SSSR count). The third-order valence-electron chi connectivity index (χ3n) is 4.71. The van der Waals surface area contributed by atoms with Gasteiger partial charge in [0.1, 0.15) is 5.75 Å². The fourth-order valence-corrected chi connectivity index (χ4v) is 2.91. The SMILES string of the molecule is COc1cc(C2(C(=O)NC(CCO)C(C)C)CC2)ccc1C. The van der Waals surface area contributed by atoms with Crippen molar-refractivity contribution in [1.29, 1.82) is 0 Å². The Balaban J connectivity index is 2.18. The molecule has 0 aliphatic heterocycles. The molecule has 22 heavy (non-hydrogen) atoms. The van der Waals surface area contributed by atoms with Gasteiger partial charge in [-0.25, -0.2) is 0 Å². The Hall–Kier alpha value is -1.55. The van der Waals surface area contributed by atoms with Crippen molar-refractivity contribution in [2.75, 3.05) is 13.7 Å². The standard InChI is InChI=1S/C18H27NO3/c1-12(2)15(7-10-20)19-17(21)18(8-9-18)14-6-5-13(3)16(11-14)22-4/h5-6,11-12,15,20H,7-10H2,1-4H3,(H,19,21). The number of nitrogens with one attached hydrogen (secondary N) is 1. The Morgan fingerprint density at radius 3 is 2.59 bits per heavy atom. The lowest BCUT2D eigenvalue weighted by atomic mass is 9.92. The molecule has 122 valence electrons. The molecule has 1 amide bonds. The van der Waals surface area contributed by atoms with E-state index < -0.39 is 5.41 Å². The van der Waals surface area contributed by atoms with Crippen LogP contribution in [0.25, 0.3) is 0 Å². The Morgan fingerprint density at radius 2 is 2.09 bits per heavy atom. The third kappa shape index (κ3) is 3.27. The molecule has 1 aromatic rings. The lowest BCUT2D eigenvalue weighted by Crippen LogP contribution is -2.44. The van der Waals surface area contributed by atoms with E-state index in [2.05, 4.69) is 19.2 Å². The number of carbonyl (C=O) groups is 1. The van der Waals surface area contributed by atoms with E-state index in [1.807, 2.05) is 25.1 Å². The number of aryl methyl sites for hydroxylation is 1. The van der Waals surface area contributed by atoms with E-state index >= 15 is 0 Å². The zero-order valence-electron chi connectivity index (χ0n) is 14.0. The molecule has 1 atom stereocenters. The van der Waals surface area contributed by atoms with Gasteiger partial charge >= 0.3 is 0 Å². The summed E-state index contributed by atoms with van der Waals surface area (Å²) in [4.78, 5) is 12.8. The summed E-state index contributed by atoms with van der Waals surface area (Å²) in [7, 11) is 1.65. The van der Waals surface area contributed by atoms with E-state index in [-0.39, 0.29) is 18.6 Å². The Kier molecular flexibility index (Phi) is 5.12. The number of carbonyl (C=O) groups excluding carboxylic acids is 1. The van der Waals surface area contributed by atoms with Crippen molar-refractivity contribution in [1.82, 2.24) is 5.32 Å². The molecule has 2 N–H and O–H groups in total. The minimum absolute atomic E-state index is 0.0160. The molecule has 1 saturated carbocycles. The summed E-state index contributed by atoms with van der Waals surface area (Å²) in [6, 6.07) is 6.04. The van der Waals surface area contributed by atoms with E-state index in [1.165, 1.54) is 0 Å². The Bertz CT molecular complexity index is 535. The zero-order valence-corrected chi connectivity index (χ0v) is 14.0. The fourth-order valence-electron chi connectivity index (χ4n) is 2.91. The number of hydrogen-bond acceptors (Lipinski definition) is 3. The van der Waals surface area contributed by atoms with Crippen LogP contribution < -0.4 is 10.1 Å². The van der Waals surface area contributed by atoms with Crippen molar-refractivity contribution in [2.45, 2.75) is 51.5 Å². The van der Waals surface area contributed by atoms with Gasteiger partial charge in [-0.2, -0.15) is 0 Å². The van der Waals surface area contributed by atoms with Gasteiger partial charge < -0.3 is 15.2 Å². The predicted octanol–water partition coefficient (Wildman–Crippen LogP) is 2.56. The Morgan fingerprint density at radius 1 is 1.41 bits per heavy atom. The normalized spacial score (nSPS) is 17.2. The maximum Gasteiger partial charge on any atom is 0.230 e. The van der Waals surface area contributed by atoms with Gasteiger partial charge in [-0.15, -0.1) is 0 Å². The number of ether oxygens (including phenoxy) is 1. The lowest BCUT2D eigenvalue weighted by Gasteiger charge is -2.25. The highest BCUT2D eigenvalue weighted by atomic mass is 16.5. The molecule has 1 unspecified atom stereocenters. The summed E-state index contributed by atoms with van der Waals surface area (Å²) in [6.07, 6.45) is 2.33. The van der Waals surface area contributed by atoms with Gasteiger partial charge in [-0.1, -0.05) is 26.0 Å². The second kappa shape index (κ2) is 6.69. The van der Waals surface area contributed by atoms with Gasteiger partial charge in [0.05, 0.1) is 12.5 Å². The number of hydrogen-bond donors (Lipinski definition) is 2. The van der Waals surface area contributed by atoms with Gasteiger partial charge in [0, 0.05) is 12.6 Å². The van der Waals surface area contributed by atoms with Crippen molar-refractivity contribution in [2.24, 2.45) is 5.92 Å². The molecule has 4 nitrogen and oxygen atoms in total. The van der Waals surface area contributed by atoms with Crippen molar-refractivity contribution in [3.05, 3.63) is 29.3 Å². The smallest absolute Gasteiger partial charge is 0.230 e. The molecule has 0 spiro atoms. The number of aliphatic hydroxyl groups is 1. The Labute approximate surface area is 132 Å². The summed E-state index contributed by atoms with van der Waals surface area (Å²) in [6.45, 7) is 6.22. The quantitative estimate of drug-likeness (QED) is 0.814. The average molecular weight is 305 g/mol. The monoisotopic (exact) mass is 305 g/mol. The van der Waals surface area contributed by atoms with Crippen LogP contribution in [0.1, 0.15) is 44.2 Å². The number of rotatable bonds is 7. The van der Waals surface area contributed by atoms with Crippen molar-refractivity contribution >= 4 is 5.91 Å². The summed E-state index contributed by atoms with van der Waals surface area (Å²) >= 11 is 0. The zero-order chi connectivity index (χ0) is 16.3. The van der Waals surface area contributed by atoms with Gasteiger partial charge in [0.15, 0.2) is 0 Å². The van der Waals surface area contributed by atoms with Crippen LogP contribution in [-0.2, 0) is 10.2 Å². The maximum absolute atomic E-state index is 12.8. The van der Waals surface area contributed by atoms with Crippen LogP contribution >= 0.6 is 0 Å². The number of benzene rings is 1. The lowest BCUT2D eigenvalue weighted by molar-refractivity contribution is -0.124. The highest BCUT2D eigenvalue weighted by Gasteiger charge is 2.51. The average Bonchev–Trinajstić information content (AvgIpc) is 3.28. The third-order valence-corrected chi connectivity index (χ3v) is 4.71. The van der Waals surface area contributed by atoms with E-state index in [0.717, 1.165) is 29.7 Å². The van der Waals surface area contributed by atoms with Crippen LogP contribution in [0, 0.1) is 12.8 Å². The van der Waals surface area contributed by atoms with Crippen LogP contribution in [0.2, 0.25) is 0 Å². The molecular formula is C18H27NO3. The molecule has 0 bridgehead atoms. The van der Waals surface area contributed by atoms with Crippen molar-refractivity contribution in [3.63, 3.8) is 0 Å². The highest BCUT2D eigenvalue weighted by Crippen LogP contribution is 2.49. The second-order valence-corrected chi connectivity index (χ2v) is 6.60. The molecule has 1 aliphatic rings. The number of methoxy groups -OCH3 is 1. The van der Waals surface area contributed by atoms with Crippen LogP contribution in [0.3, 0.4) is 0 Å². The fraction of sp³-hybridized carbons (Fsp3) is 0.611. The first kappa shape index (κ1) is 16.8. The van der Waals surface area contributed by atoms with Gasteiger partial charge in [-0.3, -0.25) is 4.79 Å². The number of aliphatic hydroxyl groups excluding tert-OH is 1. The minimum Gasteiger partial charge on any atom is -0.496 e. The molecule has 1 aliphatic carbocycles. The van der Waals surface area contributed by atoms with E-state index in [4.69, 9.17) is 9.84 Å². The first-order chi connectivity index (χ1) is 10.4. The maximum atomic E-state index is 12.8. The minimum atomic E-state index is -0.413. The van der Waals surface area contributed by atoms with E-state index in [0.29, 0.717) is 12.3 Å². The van der Waals surface area contributed by atoms with Crippen molar-refractivity contribution in [3.8, 4) is 5.75 Å². The van der Waals surface area contributed by atoms with Crippen LogP contribution in [0.5, 0.6) is 5.75 Å². The molecule has 0 radical (unpaired) electrons. The van der Waals surface area contributed by atoms with E-state index in [1.54, 1.807) is 7.11 Å². The van der Waals surface area contributed by atoms with Gasteiger partial charge in [0.25, 0.3) is 0 Å². The summed E-state index contributed by atoms with van der Waals surface area (Å²) in [5, 5.41) is 12.3. The first-order valence-corrected chi connectivity index (χ1v) is 8.01. The topological polar surface area (TPSA) is 58.6 Å². The molecule has 0 saturated heterocycles. The molecule has 4 heteroatoms. The summed E-state index contributed by atoms with van der Waals surface area (Å²) in [5.41, 5.74) is 1.69. The second-order valence-electron chi connectivity index (χ2n) is 6.60. The first-order valence-electron chi connectivity index (χ1n) is 8.01. The van der Waals surface area contributed by atoms with Crippen molar-refractivity contribution < 1.29 is 14.6 Å². The number of amides is 1. The van der Waals surface area contributed by atoms with Gasteiger partial charge in [-0.05, 0) is 49.3 Å². The molecule has 1 fully saturated rings. The largest absolute Gasteiger partial charge is 0.496 e. The molecule has 0 aromatic heterocycles. The molecule has 0 heterocycles. The molecular weight excluding hydrogens is 278 g/mol. The van der Waals surface area contributed by atoms with Crippen LogP contribution in [0.15, 0.2) is 18.2 Å². The van der Waals surface area contributed by atoms with Gasteiger partial charge in [0.2, 0.25) is 5.91 Å². The molecule has 1 aromatic carbocycles. The van der Waals surface area contributed by atoms with Crippen LogP contribution in [0.4, 0.5) is 0 Å². The van der Waals surface area contributed by atoms with E-state index in [9.17, 15) is 4.79 Å². The summed E-state index contributed by atoms with van der Waals surface area (Å²) < 4.78 is 5.38. The highest BCUT2D eigenvalue weighted by molar-refractivity contribution is 5.91. The predicted molar refractivity (Wildman–Crippen MR) is 87.1 cm³/mol. The van der Waals surface area contributed by atoms with Crippen LogP contribution in [-0.4, -0.2) is 30.8 Å². The summed E-state index contributed by atoms with van der Waals surface area (Å²) in [5.74, 6) is 1.21.